The molecule has 0 bridgehead atoms. The average Bonchev–Trinajstić information content (AvgIpc) is 2.83. The van der Waals surface area contributed by atoms with Gasteiger partial charge in [0, 0.05) is 16.3 Å². The van der Waals surface area contributed by atoms with E-state index < -0.39 is 11.9 Å². The first-order valence-electron chi connectivity index (χ1n) is 11.7. The second-order valence-corrected chi connectivity index (χ2v) is 10.4. The fourth-order valence-corrected chi connectivity index (χ4v) is 6.31. The third kappa shape index (κ3) is 4.43. The molecule has 2 aliphatic rings. The van der Waals surface area contributed by atoms with Gasteiger partial charge < -0.3 is 10.2 Å². The Morgan fingerprint density at radius 2 is 1.66 bits per heavy atom. The molecule has 3 aromatic rings. The fourth-order valence-electron chi connectivity index (χ4n) is 5.63. The van der Waals surface area contributed by atoms with Crippen molar-refractivity contribution >= 4 is 51.6 Å². The van der Waals surface area contributed by atoms with Crippen LogP contribution >= 0.6 is 27.5 Å². The number of hydrogen-bond acceptors (Lipinski definition) is 2. The third-order valence-corrected chi connectivity index (χ3v) is 7.85. The van der Waals surface area contributed by atoms with E-state index in [4.69, 9.17) is 11.6 Å². The van der Waals surface area contributed by atoms with Gasteiger partial charge in [-0.05, 0) is 93.4 Å². The summed E-state index contributed by atoms with van der Waals surface area (Å²) >= 11 is 9.90. The van der Waals surface area contributed by atoms with Crippen molar-refractivity contribution in [3.63, 3.8) is 0 Å². The first-order valence-corrected chi connectivity index (χ1v) is 13.2. The van der Waals surface area contributed by atoms with E-state index in [0.29, 0.717) is 12.0 Å². The molecule has 2 unspecified atom stereocenters. The molecular formula is C29H24BrClO4. The molecule has 0 saturated carbocycles. The summed E-state index contributed by atoms with van der Waals surface area (Å²) in [4.78, 5) is 23.6. The normalized spacial score (nSPS) is 17.9. The minimum atomic E-state index is -1.10. The van der Waals surface area contributed by atoms with Crippen LogP contribution in [0.5, 0.6) is 0 Å². The zero-order chi connectivity index (χ0) is 24.7. The molecule has 0 heterocycles. The zero-order valence-electron chi connectivity index (χ0n) is 18.9. The molecule has 3 aromatic carbocycles. The van der Waals surface area contributed by atoms with Crippen LogP contribution in [0.4, 0.5) is 0 Å². The standard InChI is InChI=1S/C29H24BrClO4/c30-11-10-18-14-19-15-20(31)6-9-21(19)23-8-5-17-12-16(4-7-22(17)27(18)23)13-26-24(28(32)33)2-1-3-25(26)29(34)35/h1-3,5-6,8-9,12,14-16,18H,4,7,10-11,13H2,(H,32,33)(H,34,35). The molecule has 0 spiro atoms. The summed E-state index contributed by atoms with van der Waals surface area (Å²) < 4.78 is 0. The summed E-state index contributed by atoms with van der Waals surface area (Å²) in [5.41, 5.74) is 3.23. The molecule has 35 heavy (non-hydrogen) atoms. The predicted molar refractivity (Wildman–Crippen MR) is 141 cm³/mol. The van der Waals surface area contributed by atoms with Crippen LogP contribution in [0.15, 0.2) is 48.5 Å². The van der Waals surface area contributed by atoms with Crippen LogP contribution < -0.4 is 10.4 Å². The van der Waals surface area contributed by atoms with E-state index in [1.165, 1.54) is 45.0 Å². The Balaban J connectivity index is 1.64. The summed E-state index contributed by atoms with van der Waals surface area (Å²) in [6.45, 7) is 0. The number of fused-ring (bicyclic) bond motifs is 4. The molecule has 2 aliphatic carbocycles. The summed E-state index contributed by atoms with van der Waals surface area (Å²) in [6.07, 6.45) is 7.59. The van der Waals surface area contributed by atoms with Gasteiger partial charge in [0.2, 0.25) is 0 Å². The summed E-state index contributed by atoms with van der Waals surface area (Å²) in [7, 11) is 0. The van der Waals surface area contributed by atoms with Crippen molar-refractivity contribution < 1.29 is 19.8 Å². The molecular weight excluding hydrogens is 528 g/mol. The van der Waals surface area contributed by atoms with Gasteiger partial charge in [0.05, 0.1) is 11.1 Å². The van der Waals surface area contributed by atoms with E-state index in [0.717, 1.165) is 34.8 Å². The Bertz CT molecular complexity index is 1550. The molecule has 0 saturated heterocycles. The molecule has 0 fully saturated rings. The highest BCUT2D eigenvalue weighted by Crippen LogP contribution is 2.32. The van der Waals surface area contributed by atoms with Gasteiger partial charge in [-0.3, -0.25) is 0 Å². The van der Waals surface area contributed by atoms with Gasteiger partial charge in [0.25, 0.3) is 0 Å². The third-order valence-electron chi connectivity index (χ3n) is 7.15. The fraction of sp³-hybridized carbons (Fsp3) is 0.241. The van der Waals surface area contributed by atoms with Gasteiger partial charge in [0.1, 0.15) is 0 Å². The first-order chi connectivity index (χ1) is 16.9. The van der Waals surface area contributed by atoms with E-state index >= 15 is 0 Å². The number of hydrogen-bond donors (Lipinski definition) is 2. The monoisotopic (exact) mass is 550 g/mol. The molecule has 0 aliphatic heterocycles. The van der Waals surface area contributed by atoms with E-state index in [-0.39, 0.29) is 23.0 Å². The molecule has 0 amide bonds. The highest BCUT2D eigenvalue weighted by molar-refractivity contribution is 9.09. The smallest absolute Gasteiger partial charge is 0.335 e. The highest BCUT2D eigenvalue weighted by atomic mass is 79.9. The van der Waals surface area contributed by atoms with Gasteiger partial charge in [-0.15, -0.1) is 0 Å². The van der Waals surface area contributed by atoms with Crippen molar-refractivity contribution in [2.24, 2.45) is 5.92 Å². The summed E-state index contributed by atoms with van der Waals surface area (Å²) in [5.74, 6) is -1.85. The van der Waals surface area contributed by atoms with Gasteiger partial charge in [-0.1, -0.05) is 63.9 Å². The highest BCUT2D eigenvalue weighted by Gasteiger charge is 2.25. The van der Waals surface area contributed by atoms with Crippen molar-refractivity contribution in [2.45, 2.75) is 31.6 Å². The average molecular weight is 552 g/mol. The van der Waals surface area contributed by atoms with Crippen molar-refractivity contribution in [2.75, 3.05) is 5.33 Å². The van der Waals surface area contributed by atoms with Crippen LogP contribution in [0.2, 0.25) is 5.02 Å². The minimum Gasteiger partial charge on any atom is -0.478 e. The lowest BCUT2D eigenvalue weighted by Crippen LogP contribution is -2.26. The number of carboxylic acid groups (broad SMARTS) is 2. The molecule has 2 atom stereocenters. The van der Waals surface area contributed by atoms with E-state index in [9.17, 15) is 19.8 Å². The molecule has 178 valence electrons. The maximum Gasteiger partial charge on any atom is 0.335 e. The van der Waals surface area contributed by atoms with Crippen molar-refractivity contribution in [3.05, 3.63) is 102 Å². The molecule has 5 rings (SSSR count). The molecule has 4 nitrogen and oxygen atoms in total. The van der Waals surface area contributed by atoms with Crippen LogP contribution in [0.3, 0.4) is 0 Å². The minimum absolute atomic E-state index is 0.0624. The summed E-state index contributed by atoms with van der Waals surface area (Å²) in [6, 6.07) is 14.9. The Morgan fingerprint density at radius 3 is 2.34 bits per heavy atom. The Kier molecular flexibility index (Phi) is 6.56. The lowest BCUT2D eigenvalue weighted by atomic mass is 9.78. The molecule has 6 heteroatoms. The van der Waals surface area contributed by atoms with Crippen LogP contribution in [0.1, 0.15) is 56.2 Å². The number of halogens is 2. The number of aromatic carboxylic acids is 2. The SMILES string of the molecule is O=C(O)c1cccc(C(=O)O)c1CC1C=c2ccc3c(c2CC1)C(CCBr)C=c1cc(Cl)ccc1=3. The summed E-state index contributed by atoms with van der Waals surface area (Å²) in [5, 5.41) is 25.7. The molecule has 2 N–H and O–H groups in total. The predicted octanol–water partition coefficient (Wildman–Crippen LogP) is 5.27. The van der Waals surface area contributed by atoms with Gasteiger partial charge in [0.15, 0.2) is 0 Å². The number of carbonyl (C=O) groups is 2. The second kappa shape index (κ2) is 9.63. The van der Waals surface area contributed by atoms with Gasteiger partial charge in [-0.25, -0.2) is 9.59 Å². The van der Waals surface area contributed by atoms with Crippen LogP contribution in [-0.2, 0) is 12.8 Å². The largest absolute Gasteiger partial charge is 0.478 e. The maximum absolute atomic E-state index is 11.8. The Morgan fingerprint density at radius 1 is 0.943 bits per heavy atom. The second-order valence-electron chi connectivity index (χ2n) is 9.19. The van der Waals surface area contributed by atoms with Crippen LogP contribution in [0.25, 0.3) is 12.2 Å². The number of rotatable bonds is 6. The van der Waals surface area contributed by atoms with Crippen molar-refractivity contribution in [3.8, 4) is 0 Å². The number of alkyl halides is 1. The quantitative estimate of drug-likeness (QED) is 0.409. The van der Waals surface area contributed by atoms with Crippen LogP contribution in [0, 0.1) is 16.4 Å². The zero-order valence-corrected chi connectivity index (χ0v) is 21.3. The lowest BCUT2D eigenvalue weighted by Gasteiger charge is -2.26. The lowest BCUT2D eigenvalue weighted by molar-refractivity contribution is 0.0695. The van der Waals surface area contributed by atoms with Gasteiger partial charge in [-0.2, -0.15) is 0 Å². The number of benzene rings is 3. The van der Waals surface area contributed by atoms with Crippen molar-refractivity contribution in [1.82, 2.24) is 0 Å². The Hall–Kier alpha value is -2.89. The van der Waals surface area contributed by atoms with E-state index in [1.54, 1.807) is 0 Å². The van der Waals surface area contributed by atoms with Crippen molar-refractivity contribution in [1.29, 1.82) is 0 Å². The van der Waals surface area contributed by atoms with Crippen LogP contribution in [-0.4, -0.2) is 27.5 Å². The van der Waals surface area contributed by atoms with Gasteiger partial charge >= 0.3 is 11.9 Å². The first kappa shape index (κ1) is 23.8. The molecule has 0 aromatic heterocycles. The molecule has 0 radical (unpaired) electrons. The van der Waals surface area contributed by atoms with E-state index in [2.05, 4.69) is 46.3 Å². The maximum atomic E-state index is 11.8. The Labute approximate surface area is 216 Å². The van der Waals surface area contributed by atoms with E-state index in [1.807, 2.05) is 12.1 Å². The number of carboxylic acids is 2. The topological polar surface area (TPSA) is 74.6 Å².